The van der Waals surface area contributed by atoms with Crippen molar-refractivity contribution < 1.29 is 28.8 Å². The number of rotatable bonds is 11. The quantitative estimate of drug-likeness (QED) is 0.132. The van der Waals surface area contributed by atoms with E-state index < -0.39 is 19.3 Å². The third-order valence-corrected chi connectivity index (χ3v) is 8.05. The molecule has 0 bridgehead atoms. The first kappa shape index (κ1) is 33.2. The first-order valence-electron chi connectivity index (χ1n) is 15.0. The number of amidine groups is 1. The molecule has 0 saturated carbocycles. The van der Waals surface area contributed by atoms with Gasteiger partial charge in [-0.2, -0.15) is 0 Å². The second-order valence-electron chi connectivity index (χ2n) is 10.9. The molecule has 0 spiro atoms. The molecule has 2 aliphatic heterocycles. The number of carbonyl (C=O) groups is 3. The number of ether oxygens (including phenoxy) is 1. The average Bonchev–Trinajstić information content (AvgIpc) is 3.26. The lowest BCUT2D eigenvalue weighted by Crippen LogP contribution is -2.35. The molecule has 0 fully saturated rings. The van der Waals surface area contributed by atoms with Gasteiger partial charge in [-0.15, -0.1) is 0 Å². The fourth-order valence-corrected chi connectivity index (χ4v) is 5.91. The van der Waals surface area contributed by atoms with Crippen molar-refractivity contribution in [3.8, 4) is 0 Å². The van der Waals surface area contributed by atoms with Gasteiger partial charge in [-0.25, -0.2) is 9.79 Å². The van der Waals surface area contributed by atoms with E-state index in [0.717, 1.165) is 16.4 Å². The number of aliphatic imine (C=N–C) groups is 1. The highest BCUT2D eigenvalue weighted by molar-refractivity contribution is 14.1. The lowest BCUT2D eigenvalue weighted by atomic mass is 9.79. The van der Waals surface area contributed by atoms with Crippen molar-refractivity contribution in [1.82, 2.24) is 10.2 Å². The molecule has 3 aromatic rings. The molecule has 11 nitrogen and oxygen atoms in total. The van der Waals surface area contributed by atoms with E-state index in [1.165, 1.54) is 0 Å². The van der Waals surface area contributed by atoms with E-state index >= 15 is 0 Å². The summed E-state index contributed by atoms with van der Waals surface area (Å²) >= 11 is 2.26. The maximum absolute atomic E-state index is 13.3. The number of alkyl halides is 1. The van der Waals surface area contributed by atoms with E-state index in [1.54, 1.807) is 42.5 Å². The third kappa shape index (κ3) is 8.14. The van der Waals surface area contributed by atoms with Gasteiger partial charge in [0.1, 0.15) is 12.4 Å². The van der Waals surface area contributed by atoms with Crippen LogP contribution in [0.1, 0.15) is 52.9 Å². The number of fused-ring (bicyclic) bond motifs is 2. The fourth-order valence-electron chi connectivity index (χ4n) is 5.33. The summed E-state index contributed by atoms with van der Waals surface area (Å²) in [5, 5.41) is 16.1. The number of anilines is 1. The van der Waals surface area contributed by atoms with Crippen LogP contribution in [0.4, 0.5) is 16.2 Å². The zero-order valence-electron chi connectivity index (χ0n) is 25.4. The second-order valence-corrected chi connectivity index (χ2v) is 12.0. The van der Waals surface area contributed by atoms with E-state index in [9.17, 15) is 19.4 Å². The molecule has 5 rings (SSSR count). The monoisotopic (exact) mass is 735 g/mol. The molecule has 1 unspecified atom stereocenters. The normalized spacial score (nSPS) is 15.1. The largest absolute Gasteiger partial charge is 0.492 e. The molecule has 3 aromatic carbocycles. The van der Waals surface area contributed by atoms with Crippen LogP contribution in [0.25, 0.3) is 6.08 Å². The summed E-state index contributed by atoms with van der Waals surface area (Å²) in [7, 11) is -1.22. The number of nitrogens with zero attached hydrogens (tertiary/aromatic N) is 2. The van der Waals surface area contributed by atoms with Crippen LogP contribution in [-0.2, 0) is 20.8 Å². The zero-order chi connectivity index (χ0) is 32.6. The smallest absolute Gasteiger partial charge is 0.445 e. The van der Waals surface area contributed by atoms with Crippen LogP contribution in [0, 0.1) is 0 Å². The Bertz CT molecular complexity index is 1660. The van der Waals surface area contributed by atoms with Crippen LogP contribution >= 0.6 is 22.6 Å². The predicted octanol–water partition coefficient (Wildman–Crippen LogP) is 4.07. The summed E-state index contributed by atoms with van der Waals surface area (Å²) < 4.78 is 11.7. The molecule has 46 heavy (non-hydrogen) atoms. The van der Waals surface area contributed by atoms with Crippen LogP contribution in [0.5, 0.6) is 0 Å². The second kappa shape index (κ2) is 15.4. The van der Waals surface area contributed by atoms with Crippen molar-refractivity contribution in [2.24, 2.45) is 10.7 Å². The Morgan fingerprint density at radius 2 is 1.93 bits per heavy atom. The van der Waals surface area contributed by atoms with Gasteiger partial charge >= 0.3 is 13.2 Å². The third-order valence-electron chi connectivity index (χ3n) is 7.56. The van der Waals surface area contributed by atoms with E-state index in [-0.39, 0.29) is 31.4 Å². The maximum Gasteiger partial charge on any atom is 0.492 e. The van der Waals surface area contributed by atoms with Gasteiger partial charge in [0.15, 0.2) is 0 Å². The number of carbonyl (C=O) groups excluding carboxylic acids is 3. The highest BCUT2D eigenvalue weighted by Gasteiger charge is 2.35. The Hall–Kier alpha value is -4.21. The zero-order valence-corrected chi connectivity index (χ0v) is 27.5. The molecule has 2 aliphatic rings. The molecular weight excluding hydrogens is 700 g/mol. The van der Waals surface area contributed by atoms with Crippen molar-refractivity contribution >= 4 is 76.4 Å². The molecular formula is C33H35BIN5O6. The standard InChI is InChI=1S/C33H35BIN5O6/c1-2-13-40(14-12-35)32(42)24-15-22-8-9-23(16-28(22)39-30(36)17-24)31(41)38-25-10-11-26-27(18-25)34(44)46-29(26)19-37-33(43)45-20-21-6-4-3-5-7-21/h3-11,15-16,18,29,44H,2,12-14,17,19-20H2,1H3,(H2,36,39)(H,37,43)(H,38,41). The van der Waals surface area contributed by atoms with Crippen molar-refractivity contribution in [3.63, 3.8) is 0 Å². The topological polar surface area (TPSA) is 156 Å². The Morgan fingerprint density at radius 1 is 1.13 bits per heavy atom. The molecule has 0 aromatic heterocycles. The Kier molecular flexibility index (Phi) is 11.1. The minimum Gasteiger partial charge on any atom is -0.445 e. The van der Waals surface area contributed by atoms with Gasteiger partial charge in [0.05, 0.1) is 11.8 Å². The van der Waals surface area contributed by atoms with Gasteiger partial charge in [0.2, 0.25) is 5.91 Å². The van der Waals surface area contributed by atoms with Gasteiger partial charge in [0, 0.05) is 52.9 Å². The van der Waals surface area contributed by atoms with E-state index in [1.807, 2.05) is 42.2 Å². The Balaban J connectivity index is 1.23. The number of amides is 3. The van der Waals surface area contributed by atoms with E-state index in [2.05, 4.69) is 38.2 Å². The number of hydrogen-bond acceptors (Lipinski definition) is 8. The molecule has 238 valence electrons. The first-order valence-corrected chi connectivity index (χ1v) is 16.5. The number of halogens is 1. The maximum atomic E-state index is 13.3. The molecule has 1 atom stereocenters. The Labute approximate surface area is 281 Å². The molecule has 5 N–H and O–H groups in total. The van der Waals surface area contributed by atoms with Crippen molar-refractivity contribution in [2.75, 3.05) is 29.4 Å². The number of alkyl carbamates (subject to hydrolysis) is 1. The summed E-state index contributed by atoms with van der Waals surface area (Å²) in [5.41, 5.74) is 10.8. The molecule has 0 saturated heterocycles. The van der Waals surface area contributed by atoms with E-state index in [4.69, 9.17) is 15.1 Å². The highest BCUT2D eigenvalue weighted by Crippen LogP contribution is 2.29. The molecule has 13 heteroatoms. The Morgan fingerprint density at radius 3 is 2.70 bits per heavy atom. The average molecular weight is 735 g/mol. The van der Waals surface area contributed by atoms with Crippen LogP contribution in [0.3, 0.4) is 0 Å². The summed E-state index contributed by atoms with van der Waals surface area (Å²) in [6, 6.07) is 19.5. The van der Waals surface area contributed by atoms with Crippen LogP contribution < -0.4 is 21.8 Å². The van der Waals surface area contributed by atoms with Gasteiger partial charge in [-0.3, -0.25) is 9.59 Å². The van der Waals surface area contributed by atoms with Crippen LogP contribution in [-0.4, -0.2) is 64.8 Å². The van der Waals surface area contributed by atoms with Crippen molar-refractivity contribution in [1.29, 1.82) is 0 Å². The lowest BCUT2D eigenvalue weighted by Gasteiger charge is -2.22. The van der Waals surface area contributed by atoms with Gasteiger partial charge < -0.3 is 35.7 Å². The number of benzene rings is 3. The van der Waals surface area contributed by atoms with Crippen LogP contribution in [0.15, 0.2) is 77.3 Å². The summed E-state index contributed by atoms with van der Waals surface area (Å²) in [4.78, 5) is 45.0. The fraction of sp³-hybridized carbons (Fsp3) is 0.273. The summed E-state index contributed by atoms with van der Waals surface area (Å²) in [6.45, 7) is 3.59. The van der Waals surface area contributed by atoms with Gasteiger partial charge in [-0.1, -0.05) is 72.0 Å². The minimum absolute atomic E-state index is 0.0601. The molecule has 2 heterocycles. The van der Waals surface area contributed by atoms with Crippen molar-refractivity contribution in [2.45, 2.75) is 32.5 Å². The predicted molar refractivity (Wildman–Crippen MR) is 187 cm³/mol. The van der Waals surface area contributed by atoms with Crippen molar-refractivity contribution in [3.05, 3.63) is 94.6 Å². The first-order chi connectivity index (χ1) is 22.2. The lowest BCUT2D eigenvalue weighted by molar-refractivity contribution is -0.126. The highest BCUT2D eigenvalue weighted by atomic mass is 127. The number of nitrogens with two attached hydrogens (primary N) is 1. The van der Waals surface area contributed by atoms with E-state index in [0.29, 0.717) is 58.0 Å². The summed E-state index contributed by atoms with van der Waals surface area (Å²) in [5.74, 6) is -0.150. The molecule has 0 radical (unpaired) electrons. The SMILES string of the molecule is CCCN(CCI)C(=O)C1=Cc2ccc(C(=O)Nc3ccc4c(c3)B(O)OC4CNC(=O)OCc3ccccc3)cc2N=C(N)C1. The van der Waals surface area contributed by atoms with Crippen LogP contribution in [0.2, 0.25) is 0 Å². The number of hydrogen-bond donors (Lipinski definition) is 4. The number of nitrogens with one attached hydrogen (secondary N) is 2. The minimum atomic E-state index is -1.22. The molecule has 0 aliphatic carbocycles. The summed E-state index contributed by atoms with van der Waals surface area (Å²) in [6.07, 6.45) is 1.69. The van der Waals surface area contributed by atoms with Gasteiger partial charge in [-0.05, 0) is 53.4 Å². The molecule has 3 amide bonds. The van der Waals surface area contributed by atoms with Gasteiger partial charge in [0.25, 0.3) is 5.91 Å².